The van der Waals surface area contributed by atoms with Crippen LogP contribution in [0.25, 0.3) is 0 Å². The summed E-state index contributed by atoms with van der Waals surface area (Å²) >= 11 is 1.67. The van der Waals surface area contributed by atoms with Crippen molar-refractivity contribution in [2.45, 2.75) is 24.8 Å². The van der Waals surface area contributed by atoms with Crippen molar-refractivity contribution >= 4 is 17.2 Å². The summed E-state index contributed by atoms with van der Waals surface area (Å²) in [6.45, 7) is 0.578. The molecule has 1 aliphatic rings. The minimum atomic E-state index is -0.111. The van der Waals surface area contributed by atoms with Gasteiger partial charge in [-0.05, 0) is 55.4 Å². The molecular weight excluding hydrogens is 284 g/mol. The van der Waals surface area contributed by atoms with Gasteiger partial charge in [0.25, 0.3) is 5.91 Å². The Hall–Kier alpha value is -1.66. The largest absolute Gasteiger partial charge is 0.349 e. The monoisotopic (exact) mass is 304 g/mol. The van der Waals surface area contributed by atoms with Crippen molar-refractivity contribution in [3.05, 3.63) is 39.8 Å². The topological polar surface area (TPSA) is 61.0 Å². The van der Waals surface area contributed by atoms with Crippen LogP contribution in [0.5, 0.6) is 0 Å². The lowest BCUT2D eigenvalue weighted by Crippen LogP contribution is -2.34. The van der Waals surface area contributed by atoms with Gasteiger partial charge in [0.1, 0.15) is 5.69 Å². The summed E-state index contributed by atoms with van der Waals surface area (Å²) in [5, 5.41) is 14.2. The number of amides is 1. The van der Waals surface area contributed by atoms with Gasteiger partial charge in [0, 0.05) is 18.2 Å². The number of hydrogen-bond donors (Lipinski definition) is 2. The first kappa shape index (κ1) is 14.3. The van der Waals surface area contributed by atoms with Crippen LogP contribution in [0.2, 0.25) is 0 Å². The van der Waals surface area contributed by atoms with Crippen molar-refractivity contribution in [2.75, 3.05) is 20.6 Å². The highest BCUT2D eigenvalue weighted by Crippen LogP contribution is 2.38. The number of carbonyl (C=O) groups is 1. The van der Waals surface area contributed by atoms with Crippen LogP contribution in [-0.2, 0) is 0 Å². The summed E-state index contributed by atoms with van der Waals surface area (Å²) in [4.78, 5) is 14.3. The van der Waals surface area contributed by atoms with Crippen molar-refractivity contribution in [3.8, 4) is 0 Å². The molecule has 2 aromatic rings. The first-order chi connectivity index (χ1) is 10.1. The third-order valence-electron chi connectivity index (χ3n) is 3.85. The number of thiophene rings is 1. The molecule has 0 aliphatic heterocycles. The fourth-order valence-corrected chi connectivity index (χ4v) is 3.11. The third kappa shape index (κ3) is 3.33. The molecule has 2 N–H and O–H groups in total. The Labute approximate surface area is 128 Å². The zero-order valence-electron chi connectivity index (χ0n) is 12.3. The molecule has 21 heavy (non-hydrogen) atoms. The predicted octanol–water partition coefficient (Wildman–Crippen LogP) is 2.38. The van der Waals surface area contributed by atoms with E-state index in [-0.39, 0.29) is 11.9 Å². The van der Waals surface area contributed by atoms with Gasteiger partial charge >= 0.3 is 0 Å². The second-order valence-corrected chi connectivity index (χ2v) is 6.51. The Morgan fingerprint density at radius 1 is 1.57 bits per heavy atom. The second-order valence-electron chi connectivity index (χ2n) is 5.73. The number of H-pyrrole nitrogens is 1. The number of likely N-dealkylation sites (N-methyl/N-ethyl adjacent to an activating group) is 1. The normalized spacial score (nSPS) is 16.1. The van der Waals surface area contributed by atoms with Gasteiger partial charge in [-0.15, -0.1) is 0 Å². The molecule has 2 heterocycles. The number of rotatable bonds is 6. The van der Waals surface area contributed by atoms with Crippen LogP contribution in [0.15, 0.2) is 22.9 Å². The van der Waals surface area contributed by atoms with Crippen molar-refractivity contribution < 1.29 is 4.79 Å². The van der Waals surface area contributed by atoms with Crippen molar-refractivity contribution in [1.82, 2.24) is 20.4 Å². The van der Waals surface area contributed by atoms with E-state index in [0.717, 1.165) is 5.69 Å². The smallest absolute Gasteiger partial charge is 0.271 e. The van der Waals surface area contributed by atoms with Crippen LogP contribution in [-0.4, -0.2) is 41.6 Å². The maximum atomic E-state index is 12.2. The average Bonchev–Trinajstić information content (AvgIpc) is 2.98. The van der Waals surface area contributed by atoms with E-state index in [4.69, 9.17) is 0 Å². The van der Waals surface area contributed by atoms with Gasteiger partial charge in [-0.1, -0.05) is 0 Å². The molecule has 0 saturated heterocycles. The van der Waals surface area contributed by atoms with E-state index in [1.54, 1.807) is 11.3 Å². The third-order valence-corrected chi connectivity index (χ3v) is 4.56. The molecule has 5 nitrogen and oxygen atoms in total. The summed E-state index contributed by atoms with van der Waals surface area (Å²) in [6, 6.07) is 4.16. The zero-order chi connectivity index (χ0) is 14.8. The SMILES string of the molecule is CN(C)[C@@H](CNC(=O)c1cc(C2CC2)[nH]n1)c1ccsc1. The number of hydrogen-bond acceptors (Lipinski definition) is 4. The summed E-state index contributed by atoms with van der Waals surface area (Å²) in [6.07, 6.45) is 2.40. The molecule has 1 amide bonds. The van der Waals surface area contributed by atoms with Crippen LogP contribution >= 0.6 is 11.3 Å². The van der Waals surface area contributed by atoms with E-state index < -0.39 is 0 Å². The van der Waals surface area contributed by atoms with Crippen LogP contribution in [0.1, 0.15) is 46.5 Å². The lowest BCUT2D eigenvalue weighted by molar-refractivity contribution is 0.0937. The molecule has 1 aliphatic carbocycles. The van der Waals surface area contributed by atoms with Gasteiger partial charge in [-0.25, -0.2) is 0 Å². The highest BCUT2D eigenvalue weighted by atomic mass is 32.1. The van der Waals surface area contributed by atoms with Crippen LogP contribution in [0.3, 0.4) is 0 Å². The Morgan fingerprint density at radius 2 is 2.38 bits per heavy atom. The van der Waals surface area contributed by atoms with E-state index in [9.17, 15) is 4.79 Å². The van der Waals surface area contributed by atoms with Gasteiger partial charge in [0.05, 0.1) is 6.04 Å². The van der Waals surface area contributed by atoms with Crippen molar-refractivity contribution in [2.24, 2.45) is 0 Å². The molecule has 112 valence electrons. The van der Waals surface area contributed by atoms with E-state index in [1.807, 2.05) is 20.2 Å². The number of carbonyl (C=O) groups excluding carboxylic acids is 1. The Kier molecular flexibility index (Phi) is 4.07. The second kappa shape index (κ2) is 5.99. The Morgan fingerprint density at radius 3 is 3.00 bits per heavy atom. The summed E-state index contributed by atoms with van der Waals surface area (Å²) in [5.74, 6) is 0.472. The minimum Gasteiger partial charge on any atom is -0.349 e. The van der Waals surface area contributed by atoms with Crippen molar-refractivity contribution in [1.29, 1.82) is 0 Å². The average molecular weight is 304 g/mol. The number of aromatic amines is 1. The summed E-state index contributed by atoms with van der Waals surface area (Å²) in [5.41, 5.74) is 2.80. The lowest BCUT2D eigenvalue weighted by atomic mass is 10.1. The maximum Gasteiger partial charge on any atom is 0.271 e. The van der Waals surface area contributed by atoms with Crippen LogP contribution < -0.4 is 5.32 Å². The van der Waals surface area contributed by atoms with E-state index >= 15 is 0 Å². The highest BCUT2D eigenvalue weighted by Gasteiger charge is 2.26. The molecule has 0 spiro atoms. The summed E-state index contributed by atoms with van der Waals surface area (Å²) < 4.78 is 0. The molecule has 0 radical (unpaired) electrons. The van der Waals surface area contributed by atoms with Gasteiger partial charge < -0.3 is 10.2 Å². The van der Waals surface area contributed by atoms with Gasteiger partial charge in [-0.3, -0.25) is 9.89 Å². The molecule has 6 heteroatoms. The summed E-state index contributed by atoms with van der Waals surface area (Å²) in [7, 11) is 4.04. The maximum absolute atomic E-state index is 12.2. The number of aromatic nitrogens is 2. The van der Waals surface area contributed by atoms with E-state index in [2.05, 4.69) is 37.2 Å². The lowest BCUT2D eigenvalue weighted by Gasteiger charge is -2.23. The Balaban J connectivity index is 1.60. The fraction of sp³-hybridized carbons (Fsp3) is 0.467. The minimum absolute atomic E-state index is 0.111. The fourth-order valence-electron chi connectivity index (χ4n) is 2.40. The first-order valence-corrected chi connectivity index (χ1v) is 8.11. The molecule has 3 rings (SSSR count). The molecule has 1 fully saturated rings. The molecule has 0 aromatic carbocycles. The van der Waals surface area contributed by atoms with Crippen LogP contribution in [0.4, 0.5) is 0 Å². The molecular formula is C15H20N4OS. The van der Waals surface area contributed by atoms with Gasteiger partial charge in [-0.2, -0.15) is 16.4 Å². The molecule has 1 atom stereocenters. The van der Waals surface area contributed by atoms with E-state index in [0.29, 0.717) is 18.2 Å². The van der Waals surface area contributed by atoms with E-state index in [1.165, 1.54) is 18.4 Å². The molecule has 0 unspecified atom stereocenters. The Bertz CT molecular complexity index is 601. The van der Waals surface area contributed by atoms with Gasteiger partial charge in [0.15, 0.2) is 0 Å². The van der Waals surface area contributed by atoms with Gasteiger partial charge in [0.2, 0.25) is 0 Å². The highest BCUT2D eigenvalue weighted by molar-refractivity contribution is 7.07. The van der Waals surface area contributed by atoms with Crippen molar-refractivity contribution in [3.63, 3.8) is 0 Å². The predicted molar refractivity (Wildman–Crippen MR) is 83.6 cm³/mol. The molecule has 0 bridgehead atoms. The quantitative estimate of drug-likeness (QED) is 0.861. The standard InChI is InChI=1S/C15H20N4OS/c1-19(2)14(11-5-6-21-9-11)8-16-15(20)13-7-12(17-18-13)10-3-4-10/h5-7,9-10,14H,3-4,8H2,1-2H3,(H,16,20)(H,17,18)/t14-/m0/s1. The number of nitrogens with one attached hydrogen (secondary N) is 2. The molecule has 1 saturated carbocycles. The van der Waals surface area contributed by atoms with Crippen LogP contribution in [0, 0.1) is 0 Å². The first-order valence-electron chi connectivity index (χ1n) is 7.17. The number of nitrogens with zero attached hydrogens (tertiary/aromatic N) is 2. The zero-order valence-corrected chi connectivity index (χ0v) is 13.1. The molecule has 2 aromatic heterocycles.